The van der Waals surface area contributed by atoms with Crippen molar-refractivity contribution in [3.05, 3.63) is 47.2 Å². The third kappa shape index (κ3) is 4.26. The number of nitrogens with two attached hydrogens (primary N) is 1. The topological polar surface area (TPSA) is 151 Å². The fourth-order valence-electron chi connectivity index (χ4n) is 3.17. The lowest BCUT2D eigenvalue weighted by molar-refractivity contribution is -0.149. The average molecular weight is 420 g/mol. The summed E-state index contributed by atoms with van der Waals surface area (Å²) in [6.07, 6.45) is -1.11. The Labute approximate surface area is 170 Å². The molecule has 1 aromatic rings. The molecule has 2 aliphatic heterocycles. The highest BCUT2D eigenvalue weighted by Crippen LogP contribution is 2.41. The van der Waals surface area contributed by atoms with Gasteiger partial charge in [0.1, 0.15) is 11.7 Å². The summed E-state index contributed by atoms with van der Waals surface area (Å²) in [7, 11) is 0. The molecule has 0 bridgehead atoms. The number of hydrazine groups is 1. The lowest BCUT2D eigenvalue weighted by atomic mass is 10.0. The van der Waals surface area contributed by atoms with Gasteiger partial charge in [-0.3, -0.25) is 25.1 Å². The molecule has 0 aromatic heterocycles. The van der Waals surface area contributed by atoms with Crippen LogP contribution in [0.15, 0.2) is 41.6 Å². The zero-order valence-corrected chi connectivity index (χ0v) is 16.3. The number of hydrogen-bond donors (Lipinski definition) is 4. The lowest BCUT2D eigenvalue weighted by Crippen LogP contribution is -2.56. The number of aliphatic carboxylic acids is 1. The van der Waals surface area contributed by atoms with E-state index < -0.39 is 30.1 Å². The van der Waals surface area contributed by atoms with Crippen LogP contribution in [0.25, 0.3) is 0 Å². The van der Waals surface area contributed by atoms with Gasteiger partial charge in [0.05, 0.1) is 11.8 Å². The summed E-state index contributed by atoms with van der Waals surface area (Å²) in [5, 5.41) is 11.9. The molecule has 2 aliphatic rings. The van der Waals surface area contributed by atoms with Gasteiger partial charge in [0, 0.05) is 18.2 Å². The van der Waals surface area contributed by atoms with E-state index in [1.165, 1.54) is 11.8 Å². The zero-order valence-electron chi connectivity index (χ0n) is 15.5. The Bertz CT molecular complexity index is 874. The molecule has 0 radical (unpaired) electrons. The smallest absolute Gasteiger partial charge is 0.352 e. The predicted molar refractivity (Wildman–Crippen MR) is 103 cm³/mol. The number of fused-ring (bicyclic) bond motifs is 1. The first-order chi connectivity index (χ1) is 13.8. The molecule has 10 nitrogen and oxygen atoms in total. The summed E-state index contributed by atoms with van der Waals surface area (Å²) in [4.78, 5) is 49.3. The number of carbonyl (C=O) groups is 4. The Hall–Kier alpha value is -2.89. The number of carbonyl (C=O) groups excluding carboxylic acids is 3. The Kier molecular flexibility index (Phi) is 6.20. The largest absolute Gasteiger partial charge is 0.477 e. The molecule has 0 saturated carbocycles. The monoisotopic (exact) mass is 420 g/mol. The minimum Gasteiger partial charge on any atom is -0.477 e. The van der Waals surface area contributed by atoms with Crippen molar-refractivity contribution in [2.24, 2.45) is 5.84 Å². The summed E-state index contributed by atoms with van der Waals surface area (Å²) < 4.78 is 5.20. The molecule has 1 saturated heterocycles. The van der Waals surface area contributed by atoms with Gasteiger partial charge in [0.25, 0.3) is 0 Å². The highest BCUT2D eigenvalue weighted by Gasteiger charge is 2.47. The quantitative estimate of drug-likeness (QED) is 0.155. The van der Waals surface area contributed by atoms with E-state index in [-0.39, 0.29) is 34.7 Å². The van der Waals surface area contributed by atoms with Gasteiger partial charge in [0.15, 0.2) is 0 Å². The van der Waals surface area contributed by atoms with Crippen molar-refractivity contribution in [2.75, 3.05) is 5.75 Å². The molecular weight excluding hydrogens is 400 g/mol. The summed E-state index contributed by atoms with van der Waals surface area (Å²) in [5.74, 6) is 2.70. The third-order valence-corrected chi connectivity index (χ3v) is 5.76. The SMILES string of the molecule is CC(=O)OC(NC(=O)C(NN)c1ccccc1)C1=C(C(=O)O)N2C(=O)C[C@H]2SC1. The zero-order chi connectivity index (χ0) is 21.1. The molecule has 2 unspecified atom stereocenters. The molecule has 2 heterocycles. The number of amides is 2. The standard InChI is InChI=1S/C18H20N4O6S/c1-9(23)28-17(20-16(25)14(21-19)10-5-3-2-4-6-10)11-8-29-13-7-12(24)22(13)15(11)18(26)27/h2-6,13-14,17,21H,7-8,19H2,1H3,(H,20,25)(H,26,27)/t13-,14?,17?/m1/s1. The molecule has 2 amide bonds. The van der Waals surface area contributed by atoms with E-state index >= 15 is 0 Å². The molecule has 154 valence electrons. The molecule has 0 aliphatic carbocycles. The summed E-state index contributed by atoms with van der Waals surface area (Å²) in [6, 6.07) is 7.65. The van der Waals surface area contributed by atoms with E-state index in [1.54, 1.807) is 30.3 Å². The number of benzene rings is 1. The van der Waals surface area contributed by atoms with Gasteiger partial charge < -0.3 is 15.2 Å². The van der Waals surface area contributed by atoms with Crippen LogP contribution in [-0.4, -0.2) is 51.1 Å². The van der Waals surface area contributed by atoms with Crippen molar-refractivity contribution in [2.45, 2.75) is 31.0 Å². The van der Waals surface area contributed by atoms with Crippen LogP contribution in [0, 0.1) is 0 Å². The van der Waals surface area contributed by atoms with Crippen LogP contribution in [0.2, 0.25) is 0 Å². The molecule has 1 fully saturated rings. The maximum absolute atomic E-state index is 12.8. The van der Waals surface area contributed by atoms with Crippen LogP contribution in [0.4, 0.5) is 0 Å². The highest BCUT2D eigenvalue weighted by atomic mass is 32.2. The van der Waals surface area contributed by atoms with Crippen LogP contribution in [-0.2, 0) is 23.9 Å². The molecule has 1 aromatic carbocycles. The number of esters is 1. The molecule has 0 spiro atoms. The minimum atomic E-state index is -1.35. The molecule has 3 atom stereocenters. The van der Waals surface area contributed by atoms with E-state index in [1.807, 2.05) is 0 Å². The Morgan fingerprint density at radius 3 is 2.55 bits per heavy atom. The van der Waals surface area contributed by atoms with Gasteiger partial charge in [-0.25, -0.2) is 10.2 Å². The highest BCUT2D eigenvalue weighted by molar-refractivity contribution is 8.00. The fourth-order valence-corrected chi connectivity index (χ4v) is 4.47. The number of carboxylic acid groups (broad SMARTS) is 1. The summed E-state index contributed by atoms with van der Waals surface area (Å²) in [6.45, 7) is 1.14. The second-order valence-electron chi connectivity index (χ2n) is 6.42. The van der Waals surface area contributed by atoms with Crippen LogP contribution >= 0.6 is 11.8 Å². The molecule has 5 N–H and O–H groups in total. The normalized spacial score (nSPS) is 20.3. The van der Waals surface area contributed by atoms with Crippen molar-refractivity contribution in [1.29, 1.82) is 0 Å². The van der Waals surface area contributed by atoms with E-state index in [9.17, 15) is 24.3 Å². The second-order valence-corrected chi connectivity index (χ2v) is 7.59. The number of nitrogens with zero attached hydrogens (tertiary/aromatic N) is 1. The van der Waals surface area contributed by atoms with Gasteiger partial charge >= 0.3 is 11.9 Å². The molecule has 11 heteroatoms. The minimum absolute atomic E-state index is 0.124. The Morgan fingerprint density at radius 2 is 2.00 bits per heavy atom. The van der Waals surface area contributed by atoms with E-state index in [4.69, 9.17) is 10.6 Å². The van der Waals surface area contributed by atoms with Crippen molar-refractivity contribution < 1.29 is 29.0 Å². The van der Waals surface area contributed by atoms with Gasteiger partial charge in [0.2, 0.25) is 18.0 Å². The Balaban J connectivity index is 1.92. The lowest BCUT2D eigenvalue weighted by Gasteiger charge is -2.44. The van der Waals surface area contributed by atoms with Crippen LogP contribution in [0.3, 0.4) is 0 Å². The van der Waals surface area contributed by atoms with Gasteiger partial charge in [-0.1, -0.05) is 30.3 Å². The van der Waals surface area contributed by atoms with Crippen molar-refractivity contribution in [3.8, 4) is 0 Å². The molecule has 29 heavy (non-hydrogen) atoms. The van der Waals surface area contributed by atoms with E-state index in [0.29, 0.717) is 5.56 Å². The molecule has 3 rings (SSSR count). The maximum Gasteiger partial charge on any atom is 0.352 e. The predicted octanol–water partition coefficient (Wildman–Crippen LogP) is -0.160. The van der Waals surface area contributed by atoms with Crippen molar-refractivity contribution >= 4 is 35.5 Å². The number of β-lactam (4-membered cyclic amide) rings is 1. The number of hydrogen-bond acceptors (Lipinski definition) is 8. The number of carboxylic acids is 1. The Morgan fingerprint density at radius 1 is 1.31 bits per heavy atom. The van der Waals surface area contributed by atoms with Gasteiger partial charge in [-0.15, -0.1) is 11.8 Å². The number of rotatable bonds is 7. The fraction of sp³-hybridized carbons (Fsp3) is 0.333. The van der Waals surface area contributed by atoms with Gasteiger partial charge in [-0.2, -0.15) is 0 Å². The first kappa shape index (κ1) is 20.8. The maximum atomic E-state index is 12.8. The number of thioether (sulfide) groups is 1. The van der Waals surface area contributed by atoms with Crippen molar-refractivity contribution in [3.63, 3.8) is 0 Å². The number of nitrogens with one attached hydrogen (secondary N) is 2. The third-order valence-electron chi connectivity index (χ3n) is 4.52. The number of ether oxygens (including phenoxy) is 1. The van der Waals surface area contributed by atoms with Gasteiger partial charge in [-0.05, 0) is 5.56 Å². The van der Waals surface area contributed by atoms with Crippen LogP contribution in [0.1, 0.15) is 24.9 Å². The first-order valence-corrected chi connectivity index (χ1v) is 9.77. The van der Waals surface area contributed by atoms with Crippen molar-refractivity contribution in [1.82, 2.24) is 15.6 Å². The van der Waals surface area contributed by atoms with Crippen LogP contribution in [0.5, 0.6) is 0 Å². The van der Waals surface area contributed by atoms with Crippen LogP contribution < -0.4 is 16.6 Å². The molecular formula is C18H20N4O6S. The van der Waals surface area contributed by atoms with E-state index in [0.717, 1.165) is 11.8 Å². The average Bonchev–Trinajstić information content (AvgIpc) is 2.67. The first-order valence-electron chi connectivity index (χ1n) is 8.72. The van der Waals surface area contributed by atoms with E-state index in [2.05, 4.69) is 10.7 Å². The summed E-state index contributed by atoms with van der Waals surface area (Å²) >= 11 is 1.34. The summed E-state index contributed by atoms with van der Waals surface area (Å²) in [5.41, 5.74) is 2.81. The second kappa shape index (κ2) is 8.64.